The molecule has 8 aromatic carbocycles. The largest absolute Gasteiger partial charge is 0.308 e. The molecule has 8 heteroatoms. The van der Waals surface area contributed by atoms with Crippen molar-refractivity contribution in [3.05, 3.63) is 223 Å². The number of fused-ring (bicyclic) bond motifs is 3. The van der Waals surface area contributed by atoms with Gasteiger partial charge in [0, 0.05) is 44.2 Å². The molecule has 3 aromatic heterocycles. The number of benzene rings is 8. The van der Waals surface area contributed by atoms with Crippen molar-refractivity contribution in [2.45, 2.75) is 0 Å². The van der Waals surface area contributed by atoms with E-state index in [4.69, 9.17) is 19.9 Å². The molecule has 67 heavy (non-hydrogen) atoms. The predicted molar refractivity (Wildman–Crippen MR) is 264 cm³/mol. The maximum atomic E-state index is 10.9. The number of rotatable bonds is 8. The summed E-state index contributed by atoms with van der Waals surface area (Å²) in [7, 11) is 0. The standard InChI is InChI=1S/C59H34N8/c60-35-38-27-39(36-61)29-46(28-38)45-25-26-48-47-23-13-14-24-55(47)67(56(48)32-45)57-49(54-34-53(43-19-9-3-10-20-43)63-58(66-54)44-21-11-4-12-22-44)30-40(37-62)31-50(57)59-64-51(41-15-5-1-6-16-41)33-52(65-59)42-17-7-2-8-18-42/h1-34H. The van der Waals surface area contributed by atoms with E-state index < -0.39 is 0 Å². The van der Waals surface area contributed by atoms with Crippen molar-refractivity contribution in [3.63, 3.8) is 0 Å². The van der Waals surface area contributed by atoms with Crippen LogP contribution >= 0.6 is 0 Å². The summed E-state index contributed by atoms with van der Waals surface area (Å²) in [5, 5.41) is 32.9. The summed E-state index contributed by atoms with van der Waals surface area (Å²) < 4.78 is 2.21. The molecule has 0 aliphatic rings. The first kappa shape index (κ1) is 40.0. The van der Waals surface area contributed by atoms with Gasteiger partial charge in [-0.25, -0.2) is 19.9 Å². The number of hydrogen-bond acceptors (Lipinski definition) is 7. The van der Waals surface area contributed by atoms with Crippen LogP contribution in [-0.2, 0) is 0 Å². The van der Waals surface area contributed by atoms with Gasteiger partial charge in [0.2, 0.25) is 0 Å². The number of nitriles is 3. The minimum Gasteiger partial charge on any atom is -0.308 e. The molecule has 0 saturated heterocycles. The molecule has 11 rings (SSSR count). The molecule has 0 saturated carbocycles. The molecule has 0 aliphatic heterocycles. The van der Waals surface area contributed by atoms with Crippen LogP contribution < -0.4 is 0 Å². The van der Waals surface area contributed by atoms with Gasteiger partial charge in [-0.15, -0.1) is 0 Å². The van der Waals surface area contributed by atoms with Gasteiger partial charge < -0.3 is 4.57 Å². The second kappa shape index (κ2) is 17.1. The van der Waals surface area contributed by atoms with E-state index >= 15 is 0 Å². The highest BCUT2D eigenvalue weighted by Gasteiger charge is 2.25. The van der Waals surface area contributed by atoms with Crippen molar-refractivity contribution in [3.8, 4) is 103 Å². The van der Waals surface area contributed by atoms with E-state index in [1.807, 2.05) is 164 Å². The Kier molecular flexibility index (Phi) is 10.2. The monoisotopic (exact) mass is 854 g/mol. The van der Waals surface area contributed by atoms with E-state index in [-0.39, 0.29) is 0 Å². The van der Waals surface area contributed by atoms with Crippen molar-refractivity contribution in [1.29, 1.82) is 15.8 Å². The Morgan fingerprint density at radius 3 is 1.33 bits per heavy atom. The molecule has 0 radical (unpaired) electrons. The summed E-state index contributed by atoms with van der Waals surface area (Å²) in [4.78, 5) is 21.2. The summed E-state index contributed by atoms with van der Waals surface area (Å²) >= 11 is 0. The van der Waals surface area contributed by atoms with Gasteiger partial charge >= 0.3 is 0 Å². The van der Waals surface area contributed by atoms with Gasteiger partial charge in [-0.05, 0) is 65.7 Å². The highest BCUT2D eigenvalue weighted by Crippen LogP contribution is 2.44. The third-order valence-corrected chi connectivity index (χ3v) is 11.9. The van der Waals surface area contributed by atoms with E-state index in [0.29, 0.717) is 67.9 Å². The van der Waals surface area contributed by atoms with Crippen LogP contribution in [0.5, 0.6) is 0 Å². The second-order valence-electron chi connectivity index (χ2n) is 16.0. The highest BCUT2D eigenvalue weighted by molar-refractivity contribution is 6.11. The van der Waals surface area contributed by atoms with Gasteiger partial charge in [0.25, 0.3) is 0 Å². The smallest absolute Gasteiger partial charge is 0.162 e. The zero-order valence-electron chi connectivity index (χ0n) is 35.7. The molecule has 0 atom stereocenters. The molecule has 0 fully saturated rings. The lowest BCUT2D eigenvalue weighted by Crippen LogP contribution is -2.06. The van der Waals surface area contributed by atoms with Gasteiger partial charge in [-0.2, -0.15) is 15.8 Å². The molecule has 8 nitrogen and oxygen atoms in total. The van der Waals surface area contributed by atoms with Crippen molar-refractivity contribution in [2.75, 3.05) is 0 Å². The van der Waals surface area contributed by atoms with E-state index in [1.165, 1.54) is 0 Å². The molecule has 0 amide bonds. The molecule has 0 aliphatic carbocycles. The van der Waals surface area contributed by atoms with Crippen LogP contribution in [0.15, 0.2) is 206 Å². The van der Waals surface area contributed by atoms with E-state index in [2.05, 4.69) is 47.0 Å². The van der Waals surface area contributed by atoms with E-state index in [0.717, 1.165) is 55.2 Å². The van der Waals surface area contributed by atoms with E-state index in [1.54, 1.807) is 18.2 Å². The van der Waals surface area contributed by atoms with Crippen LogP contribution in [0.25, 0.3) is 106 Å². The molecule has 0 spiro atoms. The van der Waals surface area contributed by atoms with Crippen LogP contribution in [0.2, 0.25) is 0 Å². The summed E-state index contributed by atoms with van der Waals surface area (Å²) in [6.45, 7) is 0. The fourth-order valence-electron chi connectivity index (χ4n) is 8.76. The zero-order chi connectivity index (χ0) is 45.3. The van der Waals surface area contributed by atoms with Crippen LogP contribution in [0.3, 0.4) is 0 Å². The van der Waals surface area contributed by atoms with Gasteiger partial charge in [-0.3, -0.25) is 0 Å². The van der Waals surface area contributed by atoms with Crippen LogP contribution in [0.4, 0.5) is 0 Å². The molecule has 11 aromatic rings. The van der Waals surface area contributed by atoms with Gasteiger partial charge in [0.1, 0.15) is 0 Å². The van der Waals surface area contributed by atoms with Crippen LogP contribution in [0, 0.1) is 34.0 Å². The average Bonchev–Trinajstić information content (AvgIpc) is 3.74. The second-order valence-corrected chi connectivity index (χ2v) is 16.0. The minimum absolute atomic E-state index is 0.392. The van der Waals surface area contributed by atoms with Gasteiger partial charge in [0.05, 0.1) is 74.4 Å². The SMILES string of the molecule is N#Cc1cc(C#N)cc(-c2ccc3c4ccccc4n(-c4c(-c5cc(-c6ccccc6)nc(-c6ccccc6)n5)cc(C#N)cc4-c4nc(-c5ccccc5)cc(-c5ccccc5)n4)c3c2)c1. The lowest BCUT2D eigenvalue weighted by Gasteiger charge is -2.20. The Morgan fingerprint density at radius 2 is 0.761 bits per heavy atom. The molecule has 3 heterocycles. The molecule has 310 valence electrons. The summed E-state index contributed by atoms with van der Waals surface area (Å²) in [6.07, 6.45) is 0. The van der Waals surface area contributed by atoms with Crippen molar-refractivity contribution < 1.29 is 0 Å². The summed E-state index contributed by atoms with van der Waals surface area (Å²) in [5.41, 5.74) is 12.7. The fourth-order valence-corrected chi connectivity index (χ4v) is 8.76. The molecule has 0 N–H and O–H groups in total. The third kappa shape index (κ3) is 7.51. The highest BCUT2D eigenvalue weighted by atomic mass is 15.0. The lowest BCUT2D eigenvalue weighted by atomic mass is 9.97. The molecule has 0 bridgehead atoms. The van der Waals surface area contributed by atoms with Crippen molar-refractivity contribution in [1.82, 2.24) is 24.5 Å². The Labute approximate surface area is 386 Å². The quantitative estimate of drug-likeness (QED) is 0.149. The van der Waals surface area contributed by atoms with Crippen molar-refractivity contribution in [2.24, 2.45) is 0 Å². The molecular weight excluding hydrogens is 821 g/mol. The summed E-state index contributed by atoms with van der Waals surface area (Å²) in [6, 6.07) is 74.3. The van der Waals surface area contributed by atoms with Gasteiger partial charge in [0.15, 0.2) is 11.6 Å². The van der Waals surface area contributed by atoms with Crippen LogP contribution in [-0.4, -0.2) is 24.5 Å². The van der Waals surface area contributed by atoms with Crippen molar-refractivity contribution >= 4 is 21.8 Å². The first-order valence-corrected chi connectivity index (χ1v) is 21.6. The maximum absolute atomic E-state index is 10.9. The zero-order valence-corrected chi connectivity index (χ0v) is 35.7. The Morgan fingerprint density at radius 1 is 0.313 bits per heavy atom. The number of nitrogens with zero attached hydrogens (tertiary/aromatic N) is 8. The molecule has 0 unspecified atom stereocenters. The van der Waals surface area contributed by atoms with E-state index in [9.17, 15) is 15.8 Å². The average molecular weight is 855 g/mol. The fraction of sp³-hybridized carbons (Fsp3) is 0. The number of hydrogen-bond donors (Lipinski definition) is 0. The first-order valence-electron chi connectivity index (χ1n) is 21.6. The Hall–Kier alpha value is -9.81. The Bertz CT molecular complexity index is 3530. The number of para-hydroxylation sites is 1. The first-order chi connectivity index (χ1) is 33.0. The summed E-state index contributed by atoms with van der Waals surface area (Å²) in [5.74, 6) is 0.937. The lowest BCUT2D eigenvalue weighted by molar-refractivity contribution is 1.13. The maximum Gasteiger partial charge on any atom is 0.162 e. The predicted octanol–water partition coefficient (Wildman–Crippen LogP) is 13.6. The Balaban J connectivity index is 1.30. The third-order valence-electron chi connectivity index (χ3n) is 11.9. The van der Waals surface area contributed by atoms with Crippen LogP contribution in [0.1, 0.15) is 16.7 Å². The number of aromatic nitrogens is 5. The van der Waals surface area contributed by atoms with Gasteiger partial charge in [-0.1, -0.05) is 152 Å². The normalized spacial score (nSPS) is 10.9. The molecular formula is C59H34N8. The topological polar surface area (TPSA) is 128 Å². The minimum atomic E-state index is 0.392.